The number of hydrogen-bond donors (Lipinski definition) is 0. The summed E-state index contributed by atoms with van der Waals surface area (Å²) in [5.74, 6) is 1.14. The second-order valence-electron chi connectivity index (χ2n) is 1.73. The van der Waals surface area contributed by atoms with Gasteiger partial charge in [-0.25, -0.2) is 0 Å². The monoisotopic (exact) mass is 252 g/mol. The SMILES string of the molecule is [CH3][Sn]([CH3])=[O].[C]1=NCCS1. The van der Waals surface area contributed by atoms with Crippen molar-refractivity contribution in [2.24, 2.45) is 4.99 Å². The Morgan fingerprint density at radius 1 is 1.67 bits per heavy atom. The van der Waals surface area contributed by atoms with E-state index in [1.807, 2.05) is 9.88 Å². The van der Waals surface area contributed by atoms with Crippen LogP contribution in [0.5, 0.6) is 0 Å². The van der Waals surface area contributed by atoms with Crippen molar-refractivity contribution < 1.29 is 3.08 Å². The second-order valence-corrected chi connectivity index (χ2v) is 7.79. The van der Waals surface area contributed by atoms with Crippen LogP contribution in [0.1, 0.15) is 0 Å². The largest absolute Gasteiger partial charge is 0.275 e. The van der Waals surface area contributed by atoms with E-state index < -0.39 is 19.7 Å². The third kappa shape index (κ3) is 12.0. The van der Waals surface area contributed by atoms with Gasteiger partial charge in [0.15, 0.2) is 0 Å². The van der Waals surface area contributed by atoms with Crippen LogP contribution < -0.4 is 0 Å². The van der Waals surface area contributed by atoms with E-state index in [1.165, 1.54) is 0 Å². The zero-order chi connectivity index (χ0) is 7.11. The molecule has 51 valence electrons. The molecule has 0 saturated heterocycles. The zero-order valence-corrected chi connectivity index (χ0v) is 9.35. The van der Waals surface area contributed by atoms with E-state index in [0.29, 0.717) is 0 Å². The Kier molecular flexibility index (Phi) is 7.20. The third-order valence-electron chi connectivity index (χ3n) is 0.434. The molecule has 9 heavy (non-hydrogen) atoms. The molecule has 1 radical (unpaired) electrons. The Balaban J connectivity index is 0.000000148. The summed E-state index contributed by atoms with van der Waals surface area (Å²) < 4.78 is 9.72. The minimum Gasteiger partial charge on any atom is -0.275 e. The molecule has 0 aromatic rings. The van der Waals surface area contributed by atoms with Crippen molar-refractivity contribution in [2.45, 2.75) is 9.88 Å². The molecule has 0 aliphatic carbocycles. The molecule has 1 aliphatic rings. The van der Waals surface area contributed by atoms with Crippen molar-refractivity contribution in [3.8, 4) is 0 Å². The first kappa shape index (κ1) is 9.62. The fourth-order valence-corrected chi connectivity index (χ4v) is 0.685. The van der Waals surface area contributed by atoms with Gasteiger partial charge in [-0.3, -0.25) is 4.99 Å². The Labute approximate surface area is 67.2 Å². The fraction of sp³-hybridized carbons (Fsp3) is 0.800. The van der Waals surface area contributed by atoms with Gasteiger partial charge >= 0.3 is 32.7 Å². The first-order valence-electron chi connectivity index (χ1n) is 2.74. The minimum absolute atomic E-state index is 0.977. The Hall–Kier alpha value is 0.619. The van der Waals surface area contributed by atoms with Crippen molar-refractivity contribution in [3.63, 3.8) is 0 Å². The van der Waals surface area contributed by atoms with E-state index in [9.17, 15) is 3.08 Å². The molecule has 1 aliphatic heterocycles. The molecule has 0 aromatic carbocycles. The molecule has 4 heteroatoms. The van der Waals surface area contributed by atoms with Crippen LogP contribution in [0.2, 0.25) is 9.88 Å². The first-order chi connectivity index (χ1) is 4.23. The van der Waals surface area contributed by atoms with Crippen LogP contribution in [0.3, 0.4) is 0 Å². The molecule has 1 rings (SSSR count). The summed E-state index contributed by atoms with van der Waals surface area (Å²) in [7, 11) is 0. The van der Waals surface area contributed by atoms with Crippen molar-refractivity contribution in [1.29, 1.82) is 0 Å². The van der Waals surface area contributed by atoms with E-state index in [2.05, 4.69) is 10.5 Å². The van der Waals surface area contributed by atoms with Crippen LogP contribution in [-0.4, -0.2) is 37.6 Å². The summed E-state index contributed by atoms with van der Waals surface area (Å²) >= 11 is -0.136. The number of thioether (sulfide) groups is 1. The normalized spacial score (nSPS) is 14.4. The van der Waals surface area contributed by atoms with Gasteiger partial charge < -0.3 is 0 Å². The second kappa shape index (κ2) is 6.73. The predicted molar refractivity (Wildman–Crippen MR) is 42.9 cm³/mol. The van der Waals surface area contributed by atoms with Gasteiger partial charge in [-0.2, -0.15) is 0 Å². The topological polar surface area (TPSA) is 29.4 Å². The molecule has 2 nitrogen and oxygen atoms in total. The number of aliphatic imine (C=N–C) groups is 1. The van der Waals surface area contributed by atoms with Gasteiger partial charge in [0, 0.05) is 12.3 Å². The summed E-state index contributed by atoms with van der Waals surface area (Å²) in [5.41, 5.74) is 2.76. The van der Waals surface area contributed by atoms with Crippen LogP contribution in [0, 0.1) is 0 Å². The molecule has 0 spiro atoms. The molecule has 0 fully saturated rings. The Morgan fingerprint density at radius 3 is 2.33 bits per heavy atom. The van der Waals surface area contributed by atoms with Crippen molar-refractivity contribution in [3.05, 3.63) is 0 Å². The van der Waals surface area contributed by atoms with Crippen molar-refractivity contribution in [1.82, 2.24) is 0 Å². The number of rotatable bonds is 0. The maximum absolute atomic E-state index is 9.72. The Morgan fingerprint density at radius 2 is 2.22 bits per heavy atom. The number of hydrogen-bond acceptors (Lipinski definition) is 3. The number of nitrogens with zero attached hydrogens (tertiary/aromatic N) is 1. The zero-order valence-electron chi connectivity index (χ0n) is 5.68. The molecule has 0 bridgehead atoms. The molecule has 0 amide bonds. The van der Waals surface area contributed by atoms with Gasteiger partial charge in [0.2, 0.25) is 0 Å². The van der Waals surface area contributed by atoms with E-state index >= 15 is 0 Å². The maximum Gasteiger partial charge on any atom is 0.122 e. The standard InChI is InChI=1S/C3H4NS.2CH3.O.Sn/c1-2-5-3-4-1;;;;/h1-2H2;2*1H3;;. The first-order valence-corrected chi connectivity index (χ1v) is 10.6. The molecule has 1 heterocycles. The van der Waals surface area contributed by atoms with Crippen LogP contribution in [0.4, 0.5) is 0 Å². The van der Waals surface area contributed by atoms with E-state index in [-0.39, 0.29) is 0 Å². The molecule has 0 aromatic heterocycles. The average Bonchev–Trinajstić information content (AvgIpc) is 2.11. The van der Waals surface area contributed by atoms with Crippen molar-refractivity contribution in [2.75, 3.05) is 12.3 Å². The van der Waals surface area contributed by atoms with Crippen molar-refractivity contribution >= 4 is 37.1 Å². The third-order valence-corrected chi connectivity index (χ3v) is 1.08. The van der Waals surface area contributed by atoms with Crippen LogP contribution in [-0.2, 0) is 3.08 Å². The van der Waals surface area contributed by atoms with Crippen LogP contribution in [0.25, 0.3) is 0 Å². The predicted octanol–water partition coefficient (Wildman–Crippen LogP) is 1.31. The smallest absolute Gasteiger partial charge is 0.122 e. The van der Waals surface area contributed by atoms with Gasteiger partial charge in [-0.1, -0.05) is 0 Å². The summed E-state index contributed by atoms with van der Waals surface area (Å²) in [6, 6.07) is 0. The quantitative estimate of drug-likeness (QED) is 0.607. The summed E-state index contributed by atoms with van der Waals surface area (Å²) in [5, 5.41) is 0. The molecule has 0 saturated carbocycles. The summed E-state index contributed by atoms with van der Waals surface area (Å²) in [6.45, 7) is 0.977. The van der Waals surface area contributed by atoms with E-state index in [0.717, 1.165) is 12.3 Å². The van der Waals surface area contributed by atoms with E-state index in [4.69, 9.17) is 0 Å². The van der Waals surface area contributed by atoms with Gasteiger partial charge in [0.25, 0.3) is 0 Å². The average molecular weight is 251 g/mol. The Bertz CT molecular complexity index is 106. The molecule has 0 N–H and O–H groups in total. The van der Waals surface area contributed by atoms with Gasteiger partial charge in [0.05, 0.1) is 0 Å². The molecule has 0 unspecified atom stereocenters. The molecule has 0 atom stereocenters. The fourth-order valence-electron chi connectivity index (χ4n) is 0.228. The minimum atomic E-state index is -1.79. The van der Waals surface area contributed by atoms with E-state index in [1.54, 1.807) is 11.8 Å². The molecular formula is C5H10NOSSn. The summed E-state index contributed by atoms with van der Waals surface area (Å²) in [6.07, 6.45) is 0. The van der Waals surface area contributed by atoms with Gasteiger partial charge in [-0.15, -0.1) is 11.8 Å². The van der Waals surface area contributed by atoms with Gasteiger partial charge in [0.1, 0.15) is 5.55 Å². The summed E-state index contributed by atoms with van der Waals surface area (Å²) in [4.78, 5) is 7.41. The van der Waals surface area contributed by atoms with Gasteiger partial charge in [-0.05, 0) is 0 Å². The maximum atomic E-state index is 9.72. The van der Waals surface area contributed by atoms with Crippen LogP contribution >= 0.6 is 11.8 Å². The van der Waals surface area contributed by atoms with Crippen LogP contribution in [0.15, 0.2) is 4.99 Å². The molecular weight excluding hydrogens is 241 g/mol.